The molecule has 0 saturated carbocycles. The Labute approximate surface area is 111 Å². The molecule has 2 rings (SSSR count). The number of hydrogen-bond acceptors (Lipinski definition) is 2. The lowest BCUT2D eigenvalue weighted by molar-refractivity contribution is 0.211. The summed E-state index contributed by atoms with van der Waals surface area (Å²) in [6.07, 6.45) is 1.20. The lowest BCUT2D eigenvalue weighted by Crippen LogP contribution is -2.45. The fraction of sp³-hybridized carbons (Fsp3) is 0.625. The van der Waals surface area contributed by atoms with E-state index >= 15 is 0 Å². The van der Waals surface area contributed by atoms with Gasteiger partial charge in [-0.25, -0.2) is 0 Å². The molecule has 0 radical (unpaired) electrons. The molecule has 0 aliphatic carbocycles. The largest absolute Gasteiger partial charge is 0.314 e. The van der Waals surface area contributed by atoms with E-state index in [2.05, 4.69) is 49.2 Å². The molecule has 0 spiro atoms. The Bertz CT molecular complexity index is 381. The summed E-state index contributed by atoms with van der Waals surface area (Å²) in [5, 5.41) is 3.41. The first-order valence-corrected chi connectivity index (χ1v) is 7.14. The summed E-state index contributed by atoms with van der Waals surface area (Å²) >= 11 is 0. The highest BCUT2D eigenvalue weighted by Crippen LogP contribution is 2.16. The molecule has 1 aliphatic rings. The molecule has 0 amide bonds. The van der Waals surface area contributed by atoms with Gasteiger partial charge in [-0.2, -0.15) is 0 Å². The predicted molar refractivity (Wildman–Crippen MR) is 78.1 cm³/mol. The lowest BCUT2D eigenvalue weighted by Gasteiger charge is -2.29. The highest BCUT2D eigenvalue weighted by atomic mass is 15.2. The van der Waals surface area contributed by atoms with E-state index in [1.807, 2.05) is 0 Å². The van der Waals surface area contributed by atoms with E-state index in [1.165, 1.54) is 42.7 Å². The van der Waals surface area contributed by atoms with Gasteiger partial charge in [0.1, 0.15) is 0 Å². The van der Waals surface area contributed by atoms with Crippen LogP contribution in [-0.2, 0) is 6.42 Å². The monoisotopic (exact) mass is 246 g/mol. The van der Waals surface area contributed by atoms with Crippen molar-refractivity contribution in [1.29, 1.82) is 0 Å². The van der Waals surface area contributed by atoms with Gasteiger partial charge in [0.05, 0.1) is 0 Å². The molecule has 1 atom stereocenters. The average molecular weight is 246 g/mol. The van der Waals surface area contributed by atoms with Gasteiger partial charge in [-0.1, -0.05) is 30.7 Å². The van der Waals surface area contributed by atoms with Crippen molar-refractivity contribution in [3.05, 3.63) is 34.9 Å². The zero-order valence-corrected chi connectivity index (χ0v) is 12.0. The number of aryl methyl sites for hydroxylation is 2. The highest BCUT2D eigenvalue weighted by Gasteiger charge is 2.14. The molecule has 1 aliphatic heterocycles. The maximum Gasteiger partial charge on any atom is 0.0107 e. The Morgan fingerprint density at radius 3 is 2.61 bits per heavy atom. The second kappa shape index (κ2) is 6.35. The molecule has 2 nitrogen and oxygen atoms in total. The van der Waals surface area contributed by atoms with Crippen molar-refractivity contribution in [3.63, 3.8) is 0 Å². The minimum atomic E-state index is 0.740. The molecule has 1 fully saturated rings. The van der Waals surface area contributed by atoms with Crippen molar-refractivity contribution in [2.45, 2.75) is 27.2 Å². The molecule has 1 N–H and O–H groups in total. The van der Waals surface area contributed by atoms with E-state index in [0.717, 1.165) is 19.0 Å². The van der Waals surface area contributed by atoms with Gasteiger partial charge in [0.2, 0.25) is 0 Å². The first kappa shape index (κ1) is 13.6. The van der Waals surface area contributed by atoms with Crippen LogP contribution >= 0.6 is 0 Å². The summed E-state index contributed by atoms with van der Waals surface area (Å²) in [5.74, 6) is 0.740. The Hall–Kier alpha value is -0.860. The van der Waals surface area contributed by atoms with Crippen molar-refractivity contribution in [1.82, 2.24) is 10.2 Å². The number of nitrogens with zero attached hydrogens (tertiary/aromatic N) is 1. The normalized spacial score (nSPS) is 18.8. The fourth-order valence-electron chi connectivity index (χ4n) is 2.85. The van der Waals surface area contributed by atoms with Crippen LogP contribution < -0.4 is 5.32 Å². The second-order valence-corrected chi connectivity index (χ2v) is 5.79. The minimum Gasteiger partial charge on any atom is -0.314 e. The Kier molecular flexibility index (Phi) is 4.79. The predicted octanol–water partition coefficient (Wildman–Crippen LogP) is 2.39. The van der Waals surface area contributed by atoms with Crippen molar-refractivity contribution in [2.24, 2.45) is 5.92 Å². The second-order valence-electron chi connectivity index (χ2n) is 5.79. The topological polar surface area (TPSA) is 15.3 Å². The zero-order valence-electron chi connectivity index (χ0n) is 12.0. The molecule has 0 bridgehead atoms. The van der Waals surface area contributed by atoms with Crippen molar-refractivity contribution in [3.8, 4) is 0 Å². The van der Waals surface area contributed by atoms with Crippen LogP contribution in [0.4, 0.5) is 0 Å². The Balaban J connectivity index is 1.87. The number of piperazine rings is 1. The van der Waals surface area contributed by atoms with E-state index in [4.69, 9.17) is 0 Å². The van der Waals surface area contributed by atoms with E-state index in [0.29, 0.717) is 0 Å². The quantitative estimate of drug-likeness (QED) is 0.877. The first-order valence-electron chi connectivity index (χ1n) is 7.14. The van der Waals surface area contributed by atoms with Gasteiger partial charge >= 0.3 is 0 Å². The standard InChI is InChI=1S/C16H26N2/c1-13-4-5-16(15(3)10-13)11-14(2)12-18-8-6-17-7-9-18/h4-5,10,14,17H,6-9,11-12H2,1-3H3. The maximum atomic E-state index is 3.41. The van der Waals surface area contributed by atoms with Crippen LogP contribution in [0.1, 0.15) is 23.6 Å². The summed E-state index contributed by atoms with van der Waals surface area (Å²) in [7, 11) is 0. The van der Waals surface area contributed by atoms with Crippen LogP contribution in [0, 0.1) is 19.8 Å². The van der Waals surface area contributed by atoms with Gasteiger partial charge in [0, 0.05) is 32.7 Å². The van der Waals surface area contributed by atoms with E-state index < -0.39 is 0 Å². The third kappa shape index (κ3) is 3.82. The van der Waals surface area contributed by atoms with Crippen LogP contribution in [0.3, 0.4) is 0 Å². The van der Waals surface area contributed by atoms with Crippen molar-refractivity contribution >= 4 is 0 Å². The smallest absolute Gasteiger partial charge is 0.0107 e. The SMILES string of the molecule is Cc1ccc(CC(C)CN2CCNCC2)c(C)c1. The average Bonchev–Trinajstić information content (AvgIpc) is 2.34. The van der Waals surface area contributed by atoms with Gasteiger partial charge in [-0.15, -0.1) is 0 Å². The lowest BCUT2D eigenvalue weighted by atomic mass is 9.95. The van der Waals surface area contributed by atoms with E-state index in [1.54, 1.807) is 0 Å². The zero-order chi connectivity index (χ0) is 13.0. The van der Waals surface area contributed by atoms with Gasteiger partial charge in [-0.05, 0) is 37.3 Å². The molecule has 2 heteroatoms. The number of nitrogens with one attached hydrogen (secondary N) is 1. The van der Waals surface area contributed by atoms with Crippen LogP contribution in [-0.4, -0.2) is 37.6 Å². The van der Waals surface area contributed by atoms with Gasteiger partial charge in [0.15, 0.2) is 0 Å². The molecule has 1 saturated heterocycles. The molecule has 100 valence electrons. The summed E-state index contributed by atoms with van der Waals surface area (Å²) in [6, 6.07) is 6.84. The molecular weight excluding hydrogens is 220 g/mol. The van der Waals surface area contributed by atoms with Gasteiger partial charge in [-0.3, -0.25) is 0 Å². The molecule has 1 aromatic rings. The first-order chi connectivity index (χ1) is 8.65. The Morgan fingerprint density at radius 2 is 1.94 bits per heavy atom. The van der Waals surface area contributed by atoms with E-state index in [-0.39, 0.29) is 0 Å². The van der Waals surface area contributed by atoms with Gasteiger partial charge in [0.25, 0.3) is 0 Å². The number of hydrogen-bond donors (Lipinski definition) is 1. The summed E-state index contributed by atoms with van der Waals surface area (Å²) in [4.78, 5) is 2.59. The van der Waals surface area contributed by atoms with E-state index in [9.17, 15) is 0 Å². The van der Waals surface area contributed by atoms with Crippen LogP contribution in [0.2, 0.25) is 0 Å². The highest BCUT2D eigenvalue weighted by molar-refractivity contribution is 5.30. The molecular formula is C16H26N2. The molecule has 0 aromatic heterocycles. The molecule has 1 unspecified atom stereocenters. The molecule has 1 aromatic carbocycles. The summed E-state index contributed by atoms with van der Waals surface area (Å²) in [5.41, 5.74) is 4.33. The van der Waals surface area contributed by atoms with Crippen LogP contribution in [0.5, 0.6) is 0 Å². The molecule has 18 heavy (non-hydrogen) atoms. The van der Waals surface area contributed by atoms with Crippen LogP contribution in [0.15, 0.2) is 18.2 Å². The summed E-state index contributed by atoms with van der Waals surface area (Å²) < 4.78 is 0. The van der Waals surface area contributed by atoms with Crippen molar-refractivity contribution in [2.75, 3.05) is 32.7 Å². The number of rotatable bonds is 4. The fourth-order valence-corrected chi connectivity index (χ4v) is 2.85. The third-order valence-corrected chi connectivity index (χ3v) is 3.85. The number of benzene rings is 1. The molecule has 1 heterocycles. The third-order valence-electron chi connectivity index (χ3n) is 3.85. The van der Waals surface area contributed by atoms with Crippen LogP contribution in [0.25, 0.3) is 0 Å². The van der Waals surface area contributed by atoms with Gasteiger partial charge < -0.3 is 10.2 Å². The minimum absolute atomic E-state index is 0.740. The summed E-state index contributed by atoms with van der Waals surface area (Å²) in [6.45, 7) is 12.7. The Morgan fingerprint density at radius 1 is 1.22 bits per heavy atom. The maximum absolute atomic E-state index is 3.41. The van der Waals surface area contributed by atoms with Crippen molar-refractivity contribution < 1.29 is 0 Å².